The number of carboxylic acid groups (broad SMARTS) is 1. The van der Waals surface area contributed by atoms with Gasteiger partial charge in [0.15, 0.2) is 23.3 Å². The molecule has 0 radical (unpaired) electrons. The number of anilines is 1. The molecule has 0 saturated carbocycles. The van der Waals surface area contributed by atoms with Crippen LogP contribution in [-0.2, 0) is 0 Å². The molecule has 0 aliphatic heterocycles. The molecule has 0 aliphatic carbocycles. The van der Waals surface area contributed by atoms with Crippen LogP contribution >= 0.6 is 0 Å². The maximum atomic E-state index is 13.6. The highest BCUT2D eigenvalue weighted by atomic mass is 19.2. The second-order valence-corrected chi connectivity index (χ2v) is 4.73. The fraction of sp³-hybridized carbons (Fsp3) is 0.0667. The Morgan fingerprint density at radius 2 is 1.42 bits per heavy atom. The molecule has 0 fully saturated rings. The van der Waals surface area contributed by atoms with E-state index in [2.05, 4.69) is 0 Å². The molecular weight excluding hydrogens is 337 g/mol. The van der Waals surface area contributed by atoms with Crippen LogP contribution in [0, 0.1) is 36.0 Å². The monoisotopic (exact) mass is 345 g/mol. The van der Waals surface area contributed by atoms with Crippen LogP contribution in [0.2, 0.25) is 0 Å². The van der Waals surface area contributed by atoms with Crippen LogP contribution in [0.1, 0.15) is 26.3 Å². The van der Waals surface area contributed by atoms with Crippen LogP contribution in [0.15, 0.2) is 18.2 Å². The summed E-state index contributed by atoms with van der Waals surface area (Å²) in [5, 5.41) is 10.8. The molecule has 2 aromatic carbocycles. The predicted octanol–water partition coefficient (Wildman–Crippen LogP) is 3.64. The number of nitrogens with one attached hydrogen (secondary N) is 1. The summed E-state index contributed by atoms with van der Waals surface area (Å²) in [7, 11) is 0. The van der Waals surface area contributed by atoms with E-state index >= 15 is 0 Å². The van der Waals surface area contributed by atoms with Gasteiger partial charge in [0.25, 0.3) is 5.91 Å². The molecule has 24 heavy (non-hydrogen) atoms. The highest BCUT2D eigenvalue weighted by molar-refractivity contribution is 6.05. The van der Waals surface area contributed by atoms with Gasteiger partial charge in [0.2, 0.25) is 5.82 Å². The molecule has 0 heterocycles. The molecule has 9 heteroatoms. The van der Waals surface area contributed by atoms with Gasteiger partial charge in [-0.1, -0.05) is 6.07 Å². The van der Waals surface area contributed by atoms with Crippen LogP contribution in [-0.4, -0.2) is 17.0 Å². The molecule has 126 valence electrons. The lowest BCUT2D eigenvalue weighted by Crippen LogP contribution is -2.20. The first-order valence-corrected chi connectivity index (χ1v) is 6.31. The number of hydrogen-bond acceptors (Lipinski definition) is 2. The lowest BCUT2D eigenvalue weighted by atomic mass is 10.1. The molecule has 2 aromatic rings. The summed E-state index contributed by atoms with van der Waals surface area (Å²) in [6.07, 6.45) is 0. The number of aryl methyl sites for hydroxylation is 1. The zero-order chi connectivity index (χ0) is 18.2. The van der Waals surface area contributed by atoms with Gasteiger partial charge in [-0.15, -0.1) is 0 Å². The minimum atomic E-state index is -2.38. The highest BCUT2D eigenvalue weighted by Gasteiger charge is 2.30. The Bertz CT molecular complexity index is 838. The van der Waals surface area contributed by atoms with Crippen molar-refractivity contribution in [2.75, 3.05) is 5.32 Å². The van der Waals surface area contributed by atoms with Crippen molar-refractivity contribution in [3.63, 3.8) is 0 Å². The summed E-state index contributed by atoms with van der Waals surface area (Å²) in [5.74, 6) is -14.4. The maximum Gasteiger partial charge on any atom is 0.335 e. The number of carbonyl (C=O) groups excluding carboxylic acids is 1. The van der Waals surface area contributed by atoms with E-state index in [9.17, 15) is 31.5 Å². The van der Waals surface area contributed by atoms with E-state index in [0.29, 0.717) is 5.56 Å². The molecule has 0 atom stereocenters. The summed E-state index contributed by atoms with van der Waals surface area (Å²) in [5.41, 5.74) is -1.74. The van der Waals surface area contributed by atoms with Crippen molar-refractivity contribution in [3.8, 4) is 0 Å². The molecule has 0 saturated heterocycles. The zero-order valence-corrected chi connectivity index (χ0v) is 11.9. The van der Waals surface area contributed by atoms with Crippen molar-refractivity contribution in [3.05, 3.63) is 64.0 Å². The lowest BCUT2D eigenvalue weighted by Gasteiger charge is -2.11. The number of carboxylic acids is 1. The van der Waals surface area contributed by atoms with Crippen LogP contribution in [0.3, 0.4) is 0 Å². The summed E-state index contributed by atoms with van der Waals surface area (Å²) in [4.78, 5) is 22.8. The summed E-state index contributed by atoms with van der Waals surface area (Å²) < 4.78 is 66.4. The SMILES string of the molecule is Cc1ccc(C(=O)O)cc1NC(=O)c1c(F)c(F)c(F)c(F)c1F. The van der Waals surface area contributed by atoms with Gasteiger partial charge in [-0.2, -0.15) is 0 Å². The highest BCUT2D eigenvalue weighted by Crippen LogP contribution is 2.25. The van der Waals surface area contributed by atoms with E-state index in [1.54, 1.807) is 0 Å². The second-order valence-electron chi connectivity index (χ2n) is 4.73. The molecule has 0 aromatic heterocycles. The molecule has 0 aliphatic rings. The van der Waals surface area contributed by atoms with Gasteiger partial charge < -0.3 is 10.4 Å². The van der Waals surface area contributed by atoms with Gasteiger partial charge in [-0.25, -0.2) is 26.7 Å². The van der Waals surface area contributed by atoms with Gasteiger partial charge in [-0.05, 0) is 24.6 Å². The van der Waals surface area contributed by atoms with Crippen LogP contribution in [0.25, 0.3) is 0 Å². The molecule has 4 nitrogen and oxygen atoms in total. The number of halogens is 5. The maximum absolute atomic E-state index is 13.6. The number of carbonyl (C=O) groups is 2. The van der Waals surface area contributed by atoms with E-state index in [1.807, 2.05) is 5.32 Å². The molecular formula is C15H8F5NO3. The van der Waals surface area contributed by atoms with Crippen molar-refractivity contribution in [1.29, 1.82) is 0 Å². The Hall–Kier alpha value is -2.97. The minimum Gasteiger partial charge on any atom is -0.478 e. The smallest absolute Gasteiger partial charge is 0.335 e. The number of benzene rings is 2. The van der Waals surface area contributed by atoms with Crippen molar-refractivity contribution in [2.24, 2.45) is 0 Å². The Kier molecular flexibility index (Phi) is 4.54. The first-order valence-electron chi connectivity index (χ1n) is 6.31. The Labute approximate surface area is 131 Å². The second kappa shape index (κ2) is 6.26. The third kappa shape index (κ3) is 2.92. The third-order valence-corrected chi connectivity index (χ3v) is 3.17. The van der Waals surface area contributed by atoms with Crippen molar-refractivity contribution < 1.29 is 36.6 Å². The standard InChI is InChI=1S/C15H8F5NO3/c1-5-2-3-6(15(23)24)4-7(5)21-14(22)8-9(16)11(18)13(20)12(19)10(8)17/h2-4H,1H3,(H,21,22)(H,23,24). The fourth-order valence-electron chi connectivity index (χ4n) is 1.88. The Balaban J connectivity index is 2.49. The van der Waals surface area contributed by atoms with Gasteiger partial charge in [0.05, 0.1) is 5.56 Å². The summed E-state index contributed by atoms with van der Waals surface area (Å²) >= 11 is 0. The van der Waals surface area contributed by atoms with E-state index in [-0.39, 0.29) is 11.3 Å². The van der Waals surface area contributed by atoms with Crippen LogP contribution < -0.4 is 5.32 Å². The van der Waals surface area contributed by atoms with E-state index < -0.39 is 46.5 Å². The fourth-order valence-corrected chi connectivity index (χ4v) is 1.88. The van der Waals surface area contributed by atoms with Gasteiger partial charge in [0.1, 0.15) is 5.56 Å². The van der Waals surface area contributed by atoms with Gasteiger partial charge in [-0.3, -0.25) is 4.79 Å². The van der Waals surface area contributed by atoms with Crippen molar-refractivity contribution in [2.45, 2.75) is 6.92 Å². The molecule has 2 rings (SSSR count). The van der Waals surface area contributed by atoms with Gasteiger partial charge >= 0.3 is 5.97 Å². The largest absolute Gasteiger partial charge is 0.478 e. The molecule has 0 unspecified atom stereocenters. The molecule has 0 bridgehead atoms. The number of rotatable bonds is 3. The predicted molar refractivity (Wildman–Crippen MR) is 72.3 cm³/mol. The normalized spacial score (nSPS) is 10.6. The van der Waals surface area contributed by atoms with Crippen LogP contribution in [0.4, 0.5) is 27.6 Å². The Morgan fingerprint density at radius 3 is 1.92 bits per heavy atom. The van der Waals surface area contributed by atoms with Crippen molar-refractivity contribution >= 4 is 17.6 Å². The summed E-state index contributed by atoms with van der Waals surface area (Å²) in [6.45, 7) is 1.44. The topological polar surface area (TPSA) is 66.4 Å². The van der Waals surface area contributed by atoms with E-state index in [1.165, 1.54) is 19.1 Å². The number of aromatic carboxylic acids is 1. The first kappa shape index (κ1) is 17.4. The molecule has 1 amide bonds. The minimum absolute atomic E-state index is 0.149. The first-order chi connectivity index (χ1) is 11.1. The molecule has 0 spiro atoms. The van der Waals surface area contributed by atoms with Gasteiger partial charge in [0, 0.05) is 5.69 Å². The average molecular weight is 345 g/mol. The number of amides is 1. The lowest BCUT2D eigenvalue weighted by molar-refractivity contribution is 0.0696. The third-order valence-electron chi connectivity index (χ3n) is 3.17. The van der Waals surface area contributed by atoms with E-state index in [0.717, 1.165) is 6.07 Å². The number of hydrogen-bond donors (Lipinski definition) is 2. The Morgan fingerprint density at radius 1 is 0.917 bits per heavy atom. The molecule has 2 N–H and O–H groups in total. The van der Waals surface area contributed by atoms with E-state index in [4.69, 9.17) is 5.11 Å². The quantitative estimate of drug-likeness (QED) is 0.507. The van der Waals surface area contributed by atoms with Crippen LogP contribution in [0.5, 0.6) is 0 Å². The summed E-state index contributed by atoms with van der Waals surface area (Å²) in [6, 6.07) is 3.50. The average Bonchev–Trinajstić information content (AvgIpc) is 2.53. The van der Waals surface area contributed by atoms with Crippen molar-refractivity contribution in [1.82, 2.24) is 0 Å². The zero-order valence-electron chi connectivity index (χ0n) is 11.9.